The quantitative estimate of drug-likeness (QED) is 0.712. The summed E-state index contributed by atoms with van der Waals surface area (Å²) in [5.41, 5.74) is 1.01. The summed E-state index contributed by atoms with van der Waals surface area (Å²) < 4.78 is 34.2. The van der Waals surface area contributed by atoms with Crippen molar-refractivity contribution < 1.29 is 17.9 Å². The Kier molecular flexibility index (Phi) is 5.18. The van der Waals surface area contributed by atoms with E-state index in [1.54, 1.807) is 25.6 Å². The third kappa shape index (κ3) is 3.88. The molecule has 3 rings (SSSR count). The maximum absolute atomic E-state index is 11.5. The highest BCUT2D eigenvalue weighted by Gasteiger charge is 2.38. The predicted octanol–water partition coefficient (Wildman–Crippen LogP) is 2.99. The van der Waals surface area contributed by atoms with Gasteiger partial charge >= 0.3 is 0 Å². The summed E-state index contributed by atoms with van der Waals surface area (Å²) in [6, 6.07) is 1.80. The minimum atomic E-state index is -3.01. The standard InChI is InChI=1S/C17H21ClN2O4S/c1-10(9-23-2)14-7-20-17(15-8-19-16(18)6-13(14)15)24-11-4-12(5-11)25(3,21)22/h6-8,10-12H,4-5,9H2,1-3H3/t10-,11?,12?/m0/s1. The van der Waals surface area contributed by atoms with E-state index >= 15 is 0 Å². The highest BCUT2D eigenvalue weighted by atomic mass is 35.5. The van der Waals surface area contributed by atoms with Gasteiger partial charge in [-0.15, -0.1) is 0 Å². The maximum atomic E-state index is 11.5. The van der Waals surface area contributed by atoms with Gasteiger partial charge in [0.15, 0.2) is 9.84 Å². The summed E-state index contributed by atoms with van der Waals surface area (Å²) in [4.78, 5) is 8.58. The number of ether oxygens (including phenoxy) is 2. The van der Waals surface area contributed by atoms with Crippen molar-refractivity contribution in [1.29, 1.82) is 0 Å². The molecule has 6 nitrogen and oxygen atoms in total. The van der Waals surface area contributed by atoms with E-state index in [1.807, 2.05) is 0 Å². The molecule has 1 fully saturated rings. The molecule has 2 heterocycles. The Morgan fingerprint density at radius 2 is 2.00 bits per heavy atom. The van der Waals surface area contributed by atoms with Gasteiger partial charge in [0.25, 0.3) is 0 Å². The van der Waals surface area contributed by atoms with Gasteiger partial charge in [0, 0.05) is 44.5 Å². The summed E-state index contributed by atoms with van der Waals surface area (Å²) in [5, 5.41) is 1.77. The molecule has 0 N–H and O–H groups in total. The topological polar surface area (TPSA) is 78.4 Å². The third-order valence-corrected chi connectivity index (χ3v) is 6.42. The maximum Gasteiger partial charge on any atom is 0.223 e. The lowest BCUT2D eigenvalue weighted by molar-refractivity contribution is 0.119. The number of methoxy groups -OCH3 is 1. The van der Waals surface area contributed by atoms with Crippen LogP contribution in [0.1, 0.15) is 31.2 Å². The van der Waals surface area contributed by atoms with Gasteiger partial charge in [0.05, 0.1) is 17.2 Å². The van der Waals surface area contributed by atoms with Gasteiger partial charge in [-0.05, 0) is 17.0 Å². The van der Waals surface area contributed by atoms with E-state index in [0.717, 1.165) is 16.3 Å². The molecule has 8 heteroatoms. The van der Waals surface area contributed by atoms with E-state index in [1.165, 1.54) is 6.26 Å². The molecular weight excluding hydrogens is 364 g/mol. The predicted molar refractivity (Wildman–Crippen MR) is 97.1 cm³/mol. The molecule has 1 aliphatic rings. The van der Waals surface area contributed by atoms with E-state index in [2.05, 4.69) is 16.9 Å². The number of hydrogen-bond acceptors (Lipinski definition) is 6. The molecule has 1 saturated carbocycles. The van der Waals surface area contributed by atoms with Crippen LogP contribution < -0.4 is 4.74 Å². The summed E-state index contributed by atoms with van der Waals surface area (Å²) in [6.07, 6.45) is 5.52. The molecule has 0 amide bonds. The number of hydrogen-bond donors (Lipinski definition) is 0. The lowest BCUT2D eigenvalue weighted by Crippen LogP contribution is -2.42. The van der Waals surface area contributed by atoms with Crippen molar-refractivity contribution in [3.63, 3.8) is 0 Å². The second kappa shape index (κ2) is 7.05. The summed E-state index contributed by atoms with van der Waals surface area (Å²) in [7, 11) is -1.35. The Balaban J connectivity index is 1.89. The molecule has 0 unspecified atom stereocenters. The molecule has 1 aliphatic carbocycles. The molecule has 2 aromatic rings. The first-order valence-corrected chi connectivity index (χ1v) is 10.4. The lowest BCUT2D eigenvalue weighted by Gasteiger charge is -2.33. The number of halogens is 1. The van der Waals surface area contributed by atoms with Crippen molar-refractivity contribution in [2.75, 3.05) is 20.0 Å². The number of pyridine rings is 2. The minimum Gasteiger partial charge on any atom is -0.474 e. The lowest BCUT2D eigenvalue weighted by atomic mass is 9.95. The van der Waals surface area contributed by atoms with Crippen molar-refractivity contribution in [3.05, 3.63) is 29.2 Å². The number of sulfone groups is 1. The van der Waals surface area contributed by atoms with Crippen LogP contribution in [0.15, 0.2) is 18.5 Å². The van der Waals surface area contributed by atoms with Crippen LogP contribution in [0.2, 0.25) is 5.15 Å². The van der Waals surface area contributed by atoms with Crippen LogP contribution in [-0.2, 0) is 14.6 Å². The minimum absolute atomic E-state index is 0.144. The summed E-state index contributed by atoms with van der Waals surface area (Å²) >= 11 is 6.07. The zero-order chi connectivity index (χ0) is 18.2. The Hall–Kier alpha value is -1.44. The summed E-state index contributed by atoms with van der Waals surface area (Å²) in [5.74, 6) is 0.607. The van der Waals surface area contributed by atoms with Gasteiger partial charge in [-0.3, -0.25) is 0 Å². The van der Waals surface area contributed by atoms with Crippen molar-refractivity contribution in [3.8, 4) is 5.88 Å². The van der Waals surface area contributed by atoms with E-state index in [4.69, 9.17) is 21.1 Å². The fourth-order valence-electron chi connectivity index (χ4n) is 3.05. The first kappa shape index (κ1) is 18.4. The van der Waals surface area contributed by atoms with Crippen LogP contribution in [0.3, 0.4) is 0 Å². The van der Waals surface area contributed by atoms with Crippen molar-refractivity contribution >= 4 is 32.2 Å². The molecule has 0 radical (unpaired) electrons. The molecular formula is C17H21ClN2O4S. The molecule has 1 atom stereocenters. The highest BCUT2D eigenvalue weighted by molar-refractivity contribution is 7.91. The van der Waals surface area contributed by atoms with Gasteiger partial charge in [0.1, 0.15) is 11.3 Å². The fraction of sp³-hybridized carbons (Fsp3) is 0.529. The molecule has 25 heavy (non-hydrogen) atoms. The average Bonchev–Trinajstić information content (AvgIpc) is 2.48. The van der Waals surface area contributed by atoms with Gasteiger partial charge in [0.2, 0.25) is 5.88 Å². The van der Waals surface area contributed by atoms with Crippen LogP contribution in [0, 0.1) is 0 Å². The summed E-state index contributed by atoms with van der Waals surface area (Å²) in [6.45, 7) is 2.62. The SMILES string of the molecule is COC[C@H](C)c1cnc(OC2CC(S(C)(=O)=O)C2)c2cnc(Cl)cc12. The van der Waals surface area contributed by atoms with Crippen molar-refractivity contribution in [1.82, 2.24) is 9.97 Å². The normalized spacial score (nSPS) is 21.8. The Labute approximate surface area is 152 Å². The second-order valence-electron chi connectivity index (χ2n) is 6.59. The second-order valence-corrected chi connectivity index (χ2v) is 9.30. The number of fused-ring (bicyclic) bond motifs is 1. The zero-order valence-corrected chi connectivity index (χ0v) is 16.0. The molecule has 0 aromatic carbocycles. The van der Waals surface area contributed by atoms with Crippen LogP contribution in [0.5, 0.6) is 5.88 Å². The molecule has 0 spiro atoms. The van der Waals surface area contributed by atoms with Gasteiger partial charge < -0.3 is 9.47 Å². The van der Waals surface area contributed by atoms with E-state index < -0.39 is 9.84 Å². The Morgan fingerprint density at radius 3 is 2.64 bits per heavy atom. The molecule has 2 aromatic heterocycles. The highest BCUT2D eigenvalue weighted by Crippen LogP contribution is 2.35. The molecule has 0 aliphatic heterocycles. The van der Waals surface area contributed by atoms with Gasteiger partial charge in [-0.2, -0.15) is 0 Å². The van der Waals surface area contributed by atoms with Crippen molar-refractivity contribution in [2.24, 2.45) is 0 Å². The van der Waals surface area contributed by atoms with Crippen LogP contribution in [0.4, 0.5) is 0 Å². The van der Waals surface area contributed by atoms with E-state index in [-0.39, 0.29) is 17.3 Å². The van der Waals surface area contributed by atoms with Crippen LogP contribution in [-0.4, -0.2) is 49.7 Å². The van der Waals surface area contributed by atoms with Crippen LogP contribution >= 0.6 is 11.6 Å². The Bertz CT molecular complexity index is 882. The van der Waals surface area contributed by atoms with Gasteiger partial charge in [-0.1, -0.05) is 18.5 Å². The Morgan fingerprint density at radius 1 is 1.28 bits per heavy atom. The molecule has 136 valence electrons. The number of aromatic nitrogens is 2. The third-order valence-electron chi connectivity index (χ3n) is 4.62. The van der Waals surface area contributed by atoms with E-state index in [9.17, 15) is 8.42 Å². The number of nitrogens with zero attached hydrogens (tertiary/aromatic N) is 2. The fourth-order valence-corrected chi connectivity index (χ4v) is 4.34. The van der Waals surface area contributed by atoms with Crippen LogP contribution in [0.25, 0.3) is 10.8 Å². The smallest absolute Gasteiger partial charge is 0.223 e. The zero-order valence-electron chi connectivity index (χ0n) is 14.4. The average molecular weight is 385 g/mol. The number of rotatable bonds is 6. The van der Waals surface area contributed by atoms with Crippen molar-refractivity contribution in [2.45, 2.75) is 37.0 Å². The van der Waals surface area contributed by atoms with Gasteiger partial charge in [-0.25, -0.2) is 18.4 Å². The first-order valence-electron chi connectivity index (χ1n) is 8.08. The first-order chi connectivity index (χ1) is 11.8. The van der Waals surface area contributed by atoms with E-state index in [0.29, 0.717) is 30.5 Å². The molecule has 0 bridgehead atoms. The molecule has 0 saturated heterocycles. The largest absolute Gasteiger partial charge is 0.474 e. The monoisotopic (exact) mass is 384 g/mol.